The van der Waals surface area contributed by atoms with Crippen molar-refractivity contribution < 1.29 is 9.13 Å². The highest BCUT2D eigenvalue weighted by Crippen LogP contribution is 2.11. The minimum absolute atomic E-state index is 0.101. The van der Waals surface area contributed by atoms with Gasteiger partial charge < -0.3 is 4.74 Å². The number of hydrogen-bond donors (Lipinski definition) is 0. The van der Waals surface area contributed by atoms with Gasteiger partial charge in [-0.15, -0.1) is 11.6 Å². The van der Waals surface area contributed by atoms with Crippen LogP contribution in [0.4, 0.5) is 4.39 Å². The molecule has 0 bridgehead atoms. The van der Waals surface area contributed by atoms with E-state index in [4.69, 9.17) is 21.6 Å². The Morgan fingerprint density at radius 3 is 2.62 bits per heavy atom. The Morgan fingerprint density at radius 2 is 2.08 bits per heavy atom. The van der Waals surface area contributed by atoms with Crippen LogP contribution in [0.3, 0.4) is 0 Å². The molecule has 1 rings (SSSR count). The van der Waals surface area contributed by atoms with E-state index in [1.165, 1.54) is 24.3 Å². The fourth-order valence-electron chi connectivity index (χ4n) is 0.737. The second kappa shape index (κ2) is 4.68. The molecule has 0 aliphatic heterocycles. The van der Waals surface area contributed by atoms with Gasteiger partial charge >= 0.3 is 0 Å². The van der Waals surface area contributed by atoms with Gasteiger partial charge in [0.2, 0.25) is 0 Å². The summed E-state index contributed by atoms with van der Waals surface area (Å²) in [5, 5.41) is 7.66. The summed E-state index contributed by atoms with van der Waals surface area (Å²) >= 11 is 5.49. The van der Waals surface area contributed by atoms with Crippen LogP contribution in [0.15, 0.2) is 24.3 Å². The van der Waals surface area contributed by atoms with Gasteiger partial charge in [0.25, 0.3) is 0 Å². The van der Waals surface area contributed by atoms with Crippen LogP contribution in [0.2, 0.25) is 0 Å². The number of hydrogen-bond acceptors (Lipinski definition) is 2. The number of halogens is 2. The van der Waals surface area contributed by atoms with Gasteiger partial charge in [-0.05, 0) is 24.3 Å². The third-order valence-electron chi connectivity index (χ3n) is 1.35. The van der Waals surface area contributed by atoms with Crippen molar-refractivity contribution in [3.63, 3.8) is 0 Å². The number of benzene rings is 1. The minimum atomic E-state index is -0.676. The molecule has 0 fully saturated rings. The zero-order valence-corrected chi connectivity index (χ0v) is 7.46. The van der Waals surface area contributed by atoms with Crippen molar-refractivity contribution in [3.05, 3.63) is 30.1 Å². The van der Waals surface area contributed by atoms with Gasteiger partial charge in [0.1, 0.15) is 18.2 Å². The summed E-state index contributed by atoms with van der Waals surface area (Å²) in [7, 11) is 0. The zero-order valence-electron chi connectivity index (χ0n) is 6.71. The van der Waals surface area contributed by atoms with E-state index in [-0.39, 0.29) is 12.4 Å². The van der Waals surface area contributed by atoms with E-state index in [0.29, 0.717) is 5.75 Å². The Bertz CT molecular complexity index is 306. The third kappa shape index (κ3) is 3.30. The lowest BCUT2D eigenvalue weighted by atomic mass is 10.3. The molecular weight excluding hydrogens is 193 g/mol. The fraction of sp³-hybridized carbons (Fsp3) is 0.222. The molecule has 1 atom stereocenters. The summed E-state index contributed by atoms with van der Waals surface area (Å²) < 4.78 is 17.5. The topological polar surface area (TPSA) is 33.0 Å². The summed E-state index contributed by atoms with van der Waals surface area (Å²) in [4.78, 5) is 0. The predicted molar refractivity (Wildman–Crippen MR) is 47.1 cm³/mol. The van der Waals surface area contributed by atoms with Crippen LogP contribution in [-0.2, 0) is 0 Å². The molecule has 1 aromatic rings. The summed E-state index contributed by atoms with van der Waals surface area (Å²) in [6, 6.07) is 7.34. The number of rotatable bonds is 3. The largest absolute Gasteiger partial charge is 0.491 e. The first kappa shape index (κ1) is 9.82. The lowest BCUT2D eigenvalue weighted by molar-refractivity contribution is 0.328. The minimum Gasteiger partial charge on any atom is -0.491 e. The van der Waals surface area contributed by atoms with E-state index in [2.05, 4.69) is 0 Å². The first-order valence-corrected chi connectivity index (χ1v) is 4.08. The normalized spacial score (nSPS) is 11.8. The lowest BCUT2D eigenvalue weighted by Crippen LogP contribution is -2.08. The molecule has 0 aliphatic rings. The second-order valence-electron chi connectivity index (χ2n) is 2.36. The Kier molecular flexibility index (Phi) is 3.53. The van der Waals surface area contributed by atoms with Crippen LogP contribution in [0.1, 0.15) is 0 Å². The molecule has 1 aromatic carbocycles. The average Bonchev–Trinajstić information content (AvgIpc) is 2.16. The summed E-state index contributed by atoms with van der Waals surface area (Å²) in [5.74, 6) is 0.178. The molecule has 4 heteroatoms. The van der Waals surface area contributed by atoms with Crippen molar-refractivity contribution in [2.75, 3.05) is 6.61 Å². The van der Waals surface area contributed by atoms with Crippen LogP contribution in [0, 0.1) is 17.1 Å². The smallest absolute Gasteiger partial charge is 0.154 e. The maximum absolute atomic E-state index is 12.4. The summed E-state index contributed by atoms with van der Waals surface area (Å²) in [6.45, 7) is 0.101. The third-order valence-corrected chi connectivity index (χ3v) is 1.57. The predicted octanol–water partition coefficient (Wildman–Crippen LogP) is 2.34. The molecule has 13 heavy (non-hydrogen) atoms. The van der Waals surface area contributed by atoms with E-state index in [9.17, 15) is 4.39 Å². The Hall–Kier alpha value is -1.27. The van der Waals surface area contributed by atoms with Gasteiger partial charge in [-0.2, -0.15) is 5.26 Å². The fourth-order valence-corrected chi connectivity index (χ4v) is 0.800. The van der Waals surface area contributed by atoms with Gasteiger partial charge in [-0.3, -0.25) is 0 Å². The maximum atomic E-state index is 12.4. The van der Waals surface area contributed by atoms with Gasteiger partial charge in [0.05, 0.1) is 6.07 Å². The second-order valence-corrected chi connectivity index (χ2v) is 2.89. The molecule has 0 aliphatic carbocycles. The highest BCUT2D eigenvalue weighted by Gasteiger charge is 2.02. The molecule has 0 aromatic heterocycles. The maximum Gasteiger partial charge on any atom is 0.154 e. The highest BCUT2D eigenvalue weighted by atomic mass is 35.5. The van der Waals surface area contributed by atoms with Gasteiger partial charge in [0, 0.05) is 0 Å². The molecule has 2 nitrogen and oxygen atoms in total. The number of ether oxygens (including phenoxy) is 1. The first-order valence-electron chi connectivity index (χ1n) is 3.64. The van der Waals surface area contributed by atoms with Crippen LogP contribution in [0.25, 0.3) is 0 Å². The van der Waals surface area contributed by atoms with Crippen molar-refractivity contribution in [2.45, 2.75) is 5.38 Å². The highest BCUT2D eigenvalue weighted by molar-refractivity contribution is 6.22. The molecule has 0 heterocycles. The number of nitrogens with zero attached hydrogens (tertiary/aromatic N) is 1. The van der Waals surface area contributed by atoms with Crippen molar-refractivity contribution in [3.8, 4) is 11.8 Å². The SMILES string of the molecule is N#CC(Cl)COc1ccc(F)cc1. The van der Waals surface area contributed by atoms with Crippen molar-refractivity contribution in [1.29, 1.82) is 5.26 Å². The Morgan fingerprint density at radius 1 is 1.46 bits per heavy atom. The van der Waals surface area contributed by atoms with Gasteiger partial charge in [-0.1, -0.05) is 0 Å². The number of nitriles is 1. The summed E-state index contributed by atoms with van der Waals surface area (Å²) in [5.41, 5.74) is 0. The average molecular weight is 200 g/mol. The molecule has 0 spiro atoms. The van der Waals surface area contributed by atoms with Gasteiger partial charge in [0.15, 0.2) is 5.38 Å². The van der Waals surface area contributed by atoms with Crippen LogP contribution in [-0.4, -0.2) is 12.0 Å². The van der Waals surface area contributed by atoms with Crippen molar-refractivity contribution in [1.82, 2.24) is 0 Å². The lowest BCUT2D eigenvalue weighted by Gasteiger charge is -2.05. The number of alkyl halides is 1. The first-order chi connectivity index (χ1) is 6.22. The van der Waals surface area contributed by atoms with Crippen LogP contribution >= 0.6 is 11.6 Å². The van der Waals surface area contributed by atoms with Crippen LogP contribution in [0.5, 0.6) is 5.75 Å². The van der Waals surface area contributed by atoms with E-state index < -0.39 is 5.38 Å². The molecule has 0 saturated heterocycles. The molecule has 1 unspecified atom stereocenters. The molecular formula is C9H7ClFNO. The monoisotopic (exact) mass is 199 g/mol. The molecule has 0 amide bonds. The Balaban J connectivity index is 2.47. The van der Waals surface area contributed by atoms with E-state index in [1.54, 1.807) is 0 Å². The Labute approximate surface area is 80.5 Å². The van der Waals surface area contributed by atoms with Crippen LogP contribution < -0.4 is 4.74 Å². The zero-order chi connectivity index (χ0) is 9.68. The molecule has 0 saturated carbocycles. The summed E-state index contributed by atoms with van der Waals surface area (Å²) in [6.07, 6.45) is 0. The van der Waals surface area contributed by atoms with Gasteiger partial charge in [-0.25, -0.2) is 4.39 Å². The van der Waals surface area contributed by atoms with E-state index in [0.717, 1.165) is 0 Å². The van der Waals surface area contributed by atoms with Crippen molar-refractivity contribution >= 4 is 11.6 Å². The molecule has 0 radical (unpaired) electrons. The molecule has 68 valence electrons. The van der Waals surface area contributed by atoms with E-state index in [1.807, 2.05) is 6.07 Å². The molecule has 0 N–H and O–H groups in total. The van der Waals surface area contributed by atoms with E-state index >= 15 is 0 Å². The quantitative estimate of drug-likeness (QED) is 0.700. The standard InChI is InChI=1S/C9H7ClFNO/c10-7(5-12)6-13-9-3-1-8(11)2-4-9/h1-4,7H,6H2. The van der Waals surface area contributed by atoms with Crippen molar-refractivity contribution in [2.24, 2.45) is 0 Å².